The van der Waals surface area contributed by atoms with Gasteiger partial charge in [0.15, 0.2) is 5.82 Å². The number of allylic oxidation sites excluding steroid dienone is 6. The van der Waals surface area contributed by atoms with Gasteiger partial charge in [-0.15, -0.1) is 0 Å². The molecule has 132 valence electrons. The summed E-state index contributed by atoms with van der Waals surface area (Å²) in [6, 6.07) is 0. The topological polar surface area (TPSA) is 53.9 Å². The third-order valence-corrected chi connectivity index (χ3v) is 5.57. The second-order valence-electron chi connectivity index (χ2n) is 7.26. The lowest BCUT2D eigenvalue weighted by molar-refractivity contribution is 0.315. The predicted molar refractivity (Wildman–Crippen MR) is 101 cm³/mol. The average molecular weight is 337 g/mol. The standard InChI is InChI=1S/C20H27N5/c1-3-25(4-2)12-11-21-19-23-17-16-13-15(14-16)7-5-6-8-20(9-10-20)18(22-17)24-19/h5-7,13H,3-4,8-12,14H2,1-2H3,(H,21,22,23,24)/b6-5-,15-7+. The summed E-state index contributed by atoms with van der Waals surface area (Å²) >= 11 is 0. The molecular weight excluding hydrogens is 310 g/mol. The molecular formula is C20H27N5. The molecule has 1 fully saturated rings. The Labute approximate surface area is 150 Å². The smallest absolute Gasteiger partial charge is 0.226 e. The van der Waals surface area contributed by atoms with Crippen LogP contribution in [0.4, 0.5) is 5.95 Å². The van der Waals surface area contributed by atoms with Gasteiger partial charge in [0.2, 0.25) is 5.95 Å². The van der Waals surface area contributed by atoms with Crippen molar-refractivity contribution < 1.29 is 0 Å². The lowest BCUT2D eigenvalue weighted by Crippen LogP contribution is -2.29. The molecule has 4 bridgehead atoms. The zero-order valence-electron chi connectivity index (χ0n) is 15.3. The number of nitrogens with zero attached hydrogens (tertiary/aromatic N) is 4. The Morgan fingerprint density at radius 1 is 1.16 bits per heavy atom. The predicted octanol–water partition coefficient (Wildman–Crippen LogP) is 3.33. The van der Waals surface area contributed by atoms with Gasteiger partial charge < -0.3 is 10.2 Å². The van der Waals surface area contributed by atoms with Crippen molar-refractivity contribution in [3.8, 4) is 0 Å². The van der Waals surface area contributed by atoms with E-state index in [-0.39, 0.29) is 5.41 Å². The van der Waals surface area contributed by atoms with Crippen LogP contribution in [0, 0.1) is 0 Å². The third kappa shape index (κ3) is 3.38. The number of nitrogens with one attached hydrogen (secondary N) is 1. The van der Waals surface area contributed by atoms with Crippen LogP contribution >= 0.6 is 0 Å². The quantitative estimate of drug-likeness (QED) is 0.863. The van der Waals surface area contributed by atoms with Crippen LogP contribution in [0.3, 0.4) is 0 Å². The fraction of sp³-hybridized carbons (Fsp3) is 0.550. The first-order chi connectivity index (χ1) is 12.2. The van der Waals surface area contributed by atoms with Gasteiger partial charge in [0.25, 0.3) is 0 Å². The molecule has 0 unspecified atom stereocenters. The maximum atomic E-state index is 4.84. The van der Waals surface area contributed by atoms with Gasteiger partial charge in [0.05, 0.1) is 0 Å². The summed E-state index contributed by atoms with van der Waals surface area (Å²) in [4.78, 5) is 16.7. The molecule has 2 aliphatic heterocycles. The van der Waals surface area contributed by atoms with E-state index in [0.29, 0.717) is 0 Å². The molecule has 1 aromatic heterocycles. The number of anilines is 1. The molecule has 0 aromatic carbocycles. The number of aromatic nitrogens is 3. The van der Waals surface area contributed by atoms with Crippen LogP contribution in [0.2, 0.25) is 0 Å². The Bertz CT molecular complexity index is 738. The molecule has 5 nitrogen and oxygen atoms in total. The van der Waals surface area contributed by atoms with Crippen LogP contribution in [0.1, 0.15) is 51.2 Å². The summed E-state index contributed by atoms with van der Waals surface area (Å²) in [5.41, 5.74) is 2.72. The molecule has 0 atom stereocenters. The molecule has 0 radical (unpaired) electrons. The minimum Gasteiger partial charge on any atom is -0.353 e. The summed E-state index contributed by atoms with van der Waals surface area (Å²) in [6.07, 6.45) is 13.2. The van der Waals surface area contributed by atoms with E-state index in [0.717, 1.165) is 56.6 Å². The van der Waals surface area contributed by atoms with E-state index in [1.807, 2.05) is 0 Å². The fourth-order valence-electron chi connectivity index (χ4n) is 3.52. The largest absolute Gasteiger partial charge is 0.353 e. The first-order valence-electron chi connectivity index (χ1n) is 9.52. The minimum absolute atomic E-state index is 0.136. The number of likely N-dealkylation sites (N-methyl/N-ethyl adjacent to an activating group) is 1. The Kier molecular flexibility index (Phi) is 4.42. The maximum absolute atomic E-state index is 4.84. The first-order valence-corrected chi connectivity index (χ1v) is 9.52. The molecule has 1 N–H and O–H groups in total. The van der Waals surface area contributed by atoms with Crippen molar-refractivity contribution in [3.05, 3.63) is 41.5 Å². The van der Waals surface area contributed by atoms with Gasteiger partial charge in [0.1, 0.15) is 5.82 Å². The second kappa shape index (κ2) is 6.71. The highest BCUT2D eigenvalue weighted by molar-refractivity contribution is 5.74. The molecule has 0 amide bonds. The van der Waals surface area contributed by atoms with E-state index >= 15 is 0 Å². The van der Waals surface area contributed by atoms with Gasteiger partial charge in [-0.1, -0.05) is 38.2 Å². The van der Waals surface area contributed by atoms with Gasteiger partial charge in [-0.05, 0) is 37.9 Å². The maximum Gasteiger partial charge on any atom is 0.226 e. The van der Waals surface area contributed by atoms with E-state index in [2.05, 4.69) is 48.4 Å². The van der Waals surface area contributed by atoms with Crippen LogP contribution in [-0.2, 0) is 5.41 Å². The summed E-state index contributed by atoms with van der Waals surface area (Å²) < 4.78 is 0. The van der Waals surface area contributed by atoms with Gasteiger partial charge in [-0.2, -0.15) is 9.97 Å². The van der Waals surface area contributed by atoms with E-state index in [1.54, 1.807) is 0 Å². The highest BCUT2D eigenvalue weighted by Gasteiger charge is 2.46. The Balaban J connectivity index is 1.59. The van der Waals surface area contributed by atoms with Crippen molar-refractivity contribution in [1.29, 1.82) is 0 Å². The highest BCUT2D eigenvalue weighted by Crippen LogP contribution is 2.50. The van der Waals surface area contributed by atoms with Crippen molar-refractivity contribution in [3.63, 3.8) is 0 Å². The first kappa shape index (κ1) is 16.5. The molecule has 2 aliphatic carbocycles. The second-order valence-corrected chi connectivity index (χ2v) is 7.26. The molecule has 25 heavy (non-hydrogen) atoms. The Hall–Kier alpha value is -2.01. The zero-order chi connectivity index (χ0) is 17.3. The van der Waals surface area contributed by atoms with Crippen LogP contribution in [0.25, 0.3) is 5.57 Å². The van der Waals surface area contributed by atoms with Gasteiger partial charge >= 0.3 is 0 Å². The van der Waals surface area contributed by atoms with Crippen LogP contribution in [0.5, 0.6) is 0 Å². The van der Waals surface area contributed by atoms with Crippen LogP contribution in [0.15, 0.2) is 29.9 Å². The Morgan fingerprint density at radius 2 is 1.96 bits per heavy atom. The van der Waals surface area contributed by atoms with Crippen LogP contribution in [-0.4, -0.2) is 46.0 Å². The summed E-state index contributed by atoms with van der Waals surface area (Å²) in [7, 11) is 0. The Morgan fingerprint density at radius 3 is 2.68 bits per heavy atom. The van der Waals surface area contributed by atoms with Crippen molar-refractivity contribution in [2.45, 2.75) is 44.9 Å². The molecule has 5 heteroatoms. The fourth-order valence-corrected chi connectivity index (χ4v) is 3.52. The molecule has 4 aliphatic rings. The van der Waals surface area contributed by atoms with E-state index in [9.17, 15) is 0 Å². The van der Waals surface area contributed by atoms with Crippen molar-refractivity contribution in [1.82, 2.24) is 19.9 Å². The SMILES string of the molecule is CCN(CC)CCNc1nc2nc(n1)C1(C/C=C\C=C3/C=C2C3)CC1. The monoisotopic (exact) mass is 337 g/mol. The highest BCUT2D eigenvalue weighted by atomic mass is 15.2. The number of hydrogen-bond acceptors (Lipinski definition) is 5. The van der Waals surface area contributed by atoms with Crippen molar-refractivity contribution in [2.75, 3.05) is 31.5 Å². The minimum atomic E-state index is 0.136. The number of rotatable bonds is 6. The summed E-state index contributed by atoms with van der Waals surface area (Å²) in [5, 5.41) is 3.43. The van der Waals surface area contributed by atoms with Gasteiger partial charge in [-0.25, -0.2) is 4.98 Å². The van der Waals surface area contributed by atoms with E-state index in [4.69, 9.17) is 15.0 Å². The van der Waals surface area contributed by atoms with Gasteiger partial charge in [0, 0.05) is 30.5 Å². The van der Waals surface area contributed by atoms with Gasteiger partial charge in [-0.3, -0.25) is 0 Å². The molecule has 0 saturated heterocycles. The normalized spacial score (nSPS) is 23.2. The lowest BCUT2D eigenvalue weighted by Gasteiger charge is -2.20. The molecule has 1 spiro atoms. The van der Waals surface area contributed by atoms with E-state index in [1.165, 1.54) is 24.0 Å². The van der Waals surface area contributed by atoms with E-state index < -0.39 is 0 Å². The molecule has 3 heterocycles. The van der Waals surface area contributed by atoms with Crippen LogP contribution < -0.4 is 5.32 Å². The summed E-state index contributed by atoms with van der Waals surface area (Å²) in [6.45, 7) is 8.41. The van der Waals surface area contributed by atoms with Crippen molar-refractivity contribution >= 4 is 11.5 Å². The number of hydrogen-bond donors (Lipinski definition) is 1. The zero-order valence-corrected chi connectivity index (χ0v) is 15.3. The summed E-state index contributed by atoms with van der Waals surface area (Å²) in [5.74, 6) is 2.57. The average Bonchev–Trinajstić information content (AvgIpc) is 3.37. The molecule has 1 saturated carbocycles. The number of fused-ring (bicyclic) bond motifs is 2. The lowest BCUT2D eigenvalue weighted by atomic mass is 9.91. The molecule has 1 aromatic rings. The molecule has 5 rings (SSSR count). The third-order valence-electron chi connectivity index (χ3n) is 5.57. The van der Waals surface area contributed by atoms with Crippen molar-refractivity contribution in [2.24, 2.45) is 0 Å².